The molecule has 0 spiro atoms. The van der Waals surface area contributed by atoms with E-state index in [1.54, 1.807) is 43.4 Å². The van der Waals surface area contributed by atoms with Gasteiger partial charge in [0.2, 0.25) is 5.91 Å². The third-order valence-corrected chi connectivity index (χ3v) is 5.95. The first-order chi connectivity index (χ1) is 16.8. The van der Waals surface area contributed by atoms with Gasteiger partial charge in [0, 0.05) is 5.69 Å². The van der Waals surface area contributed by atoms with Gasteiger partial charge in [0.1, 0.15) is 12.6 Å². The Morgan fingerprint density at radius 1 is 1.14 bits per heavy atom. The van der Waals surface area contributed by atoms with Crippen LogP contribution in [0.15, 0.2) is 63.9 Å². The molecule has 0 saturated carbocycles. The monoisotopic (exact) mass is 496 g/mol. The minimum Gasteiger partial charge on any atom is -0.465 e. The lowest BCUT2D eigenvalue weighted by atomic mass is 10.1. The van der Waals surface area contributed by atoms with Gasteiger partial charge in [-0.15, -0.1) is 0 Å². The van der Waals surface area contributed by atoms with E-state index < -0.39 is 23.5 Å². The highest BCUT2D eigenvalue weighted by atomic mass is 32.1. The number of nitrogens with zero attached hydrogens (tertiary/aromatic N) is 3. The maximum atomic E-state index is 13.4. The molecule has 11 nitrogen and oxygen atoms in total. The fourth-order valence-corrected chi connectivity index (χ4v) is 4.10. The van der Waals surface area contributed by atoms with Crippen LogP contribution in [-0.4, -0.2) is 46.2 Å². The summed E-state index contributed by atoms with van der Waals surface area (Å²) in [7, 11) is 2.87. The molecule has 2 aromatic carbocycles. The molecule has 1 aliphatic heterocycles. The van der Waals surface area contributed by atoms with Gasteiger partial charge in [-0.1, -0.05) is 22.9 Å². The lowest BCUT2D eigenvalue weighted by Gasteiger charge is -2.21. The minimum absolute atomic E-state index is 0.0397. The molecular formula is C23H22N5O6S+. The van der Waals surface area contributed by atoms with Crippen molar-refractivity contribution in [2.24, 2.45) is 7.05 Å². The number of aryl methyl sites for hydroxylation is 1. The third-order valence-electron chi connectivity index (χ3n) is 5.54. The molecule has 1 atom stereocenters. The summed E-state index contributed by atoms with van der Waals surface area (Å²) in [6.45, 7) is -0.0397. The molecule has 1 fully saturated rings. The second-order valence-corrected chi connectivity index (χ2v) is 8.11. The third kappa shape index (κ3) is 4.82. The fourth-order valence-electron chi connectivity index (χ4n) is 3.72. The quantitative estimate of drug-likeness (QED) is 0.283. The first-order valence-corrected chi connectivity index (χ1v) is 10.9. The second-order valence-electron chi connectivity index (χ2n) is 7.74. The number of methoxy groups -OCH3 is 1. The van der Waals surface area contributed by atoms with E-state index in [2.05, 4.69) is 15.3 Å². The number of ether oxygens (including phenoxy) is 1. The van der Waals surface area contributed by atoms with Crippen LogP contribution in [0.3, 0.4) is 0 Å². The van der Waals surface area contributed by atoms with Crippen LogP contribution in [0.2, 0.25) is 0 Å². The molecule has 2 amide bonds. The molecule has 2 N–H and O–H groups in total. The van der Waals surface area contributed by atoms with Crippen LogP contribution in [0.1, 0.15) is 22.5 Å². The maximum absolute atomic E-state index is 13.4. The van der Waals surface area contributed by atoms with Gasteiger partial charge in [0.15, 0.2) is 12.2 Å². The molecule has 1 saturated heterocycles. The summed E-state index contributed by atoms with van der Waals surface area (Å²) in [5.74, 6) is -1.32. The van der Waals surface area contributed by atoms with Crippen LogP contribution in [-0.2, 0) is 27.9 Å². The highest BCUT2D eigenvalue weighted by Gasteiger charge is 2.45. The number of hydrogen-bond acceptors (Lipinski definition) is 7. The van der Waals surface area contributed by atoms with E-state index in [0.29, 0.717) is 16.9 Å². The molecule has 1 aromatic heterocycles. The number of amides is 2. The van der Waals surface area contributed by atoms with Crippen molar-refractivity contribution < 1.29 is 28.3 Å². The number of anilines is 2. The van der Waals surface area contributed by atoms with Crippen molar-refractivity contribution in [1.29, 1.82) is 0 Å². The van der Waals surface area contributed by atoms with Crippen molar-refractivity contribution in [2.45, 2.75) is 19.0 Å². The van der Waals surface area contributed by atoms with Crippen molar-refractivity contribution in [2.75, 3.05) is 17.3 Å². The van der Waals surface area contributed by atoms with Crippen LogP contribution < -0.4 is 20.5 Å². The zero-order valence-electron chi connectivity index (χ0n) is 18.9. The molecule has 12 heteroatoms. The van der Waals surface area contributed by atoms with Gasteiger partial charge in [-0.3, -0.25) is 19.0 Å². The molecule has 0 bridgehead atoms. The van der Waals surface area contributed by atoms with Crippen LogP contribution in [0, 0.1) is 0 Å². The molecule has 1 unspecified atom stereocenters. The Labute approximate surface area is 204 Å². The number of rotatable bonds is 7. The Kier molecular flexibility index (Phi) is 6.73. The van der Waals surface area contributed by atoms with E-state index in [1.807, 2.05) is 6.07 Å². The van der Waals surface area contributed by atoms with E-state index in [4.69, 9.17) is 16.7 Å². The first-order valence-electron chi connectivity index (χ1n) is 10.5. The molecule has 0 aliphatic carbocycles. The van der Waals surface area contributed by atoms with Crippen LogP contribution in [0.25, 0.3) is 0 Å². The topological polar surface area (TPSA) is 129 Å². The average Bonchev–Trinajstić information content (AvgIpc) is 3.29. The molecule has 4 rings (SSSR count). The lowest BCUT2D eigenvalue weighted by Crippen LogP contribution is -2.44. The van der Waals surface area contributed by atoms with Crippen molar-refractivity contribution in [1.82, 2.24) is 10.2 Å². The Balaban J connectivity index is 1.57. The number of carbonyl (C=O) groups excluding carboxylic acids is 3. The van der Waals surface area contributed by atoms with Gasteiger partial charge in [0.25, 0.3) is 5.91 Å². The summed E-state index contributed by atoms with van der Waals surface area (Å²) >= 11 is 5.59. The number of benzene rings is 2. The van der Waals surface area contributed by atoms with Crippen molar-refractivity contribution >= 4 is 46.5 Å². The van der Waals surface area contributed by atoms with Gasteiger partial charge < -0.3 is 15.0 Å². The van der Waals surface area contributed by atoms with Gasteiger partial charge >= 0.3 is 17.3 Å². The van der Waals surface area contributed by atoms with E-state index in [1.165, 1.54) is 33.7 Å². The zero-order valence-corrected chi connectivity index (χ0v) is 19.7. The number of para-hydroxylation sites is 1. The molecule has 35 heavy (non-hydrogen) atoms. The molecule has 0 radical (unpaired) electrons. The Morgan fingerprint density at radius 2 is 1.83 bits per heavy atom. The zero-order chi connectivity index (χ0) is 25.1. The average molecular weight is 497 g/mol. The normalized spacial score (nSPS) is 15.4. The first kappa shape index (κ1) is 23.8. The van der Waals surface area contributed by atoms with Gasteiger partial charge in [-0.2, -0.15) is 0 Å². The number of aromatic nitrogens is 2. The van der Waals surface area contributed by atoms with Crippen LogP contribution in [0.5, 0.6) is 0 Å². The number of esters is 1. The maximum Gasteiger partial charge on any atom is 0.431 e. The molecular weight excluding hydrogens is 474 g/mol. The van der Waals surface area contributed by atoms with Crippen LogP contribution >= 0.6 is 12.2 Å². The van der Waals surface area contributed by atoms with Crippen LogP contribution in [0.4, 0.5) is 11.4 Å². The second kappa shape index (κ2) is 9.89. The largest absolute Gasteiger partial charge is 0.465 e. The Hall–Kier alpha value is -4.32. The van der Waals surface area contributed by atoms with Gasteiger partial charge in [-0.25, -0.2) is 9.59 Å². The van der Waals surface area contributed by atoms with Gasteiger partial charge in [0.05, 0.1) is 24.8 Å². The Bertz CT molecular complexity index is 1330. The molecule has 1 aliphatic rings. The highest BCUT2D eigenvalue weighted by Crippen LogP contribution is 2.28. The summed E-state index contributed by atoms with van der Waals surface area (Å²) < 4.78 is 10.9. The summed E-state index contributed by atoms with van der Waals surface area (Å²) in [4.78, 5) is 52.9. The number of hydrogen-bond donors (Lipinski definition) is 2. The molecule has 180 valence electrons. The summed E-state index contributed by atoms with van der Waals surface area (Å²) in [5.41, 5.74) is 0.970. The number of carbonyl (C=O) groups is 3. The number of thiocarbonyl (C=S) groups is 1. The molecule has 3 aromatic rings. The number of nitrogens with one attached hydrogen (secondary N) is 2. The summed E-state index contributed by atoms with van der Waals surface area (Å²) in [6.07, 6.45) is -0.222. The fraction of sp³-hybridized carbons (Fsp3) is 0.217. The lowest BCUT2D eigenvalue weighted by molar-refractivity contribution is -0.746. The standard InChI is InChI=1S/C23H21N5O6S/c1-26-18(22(32)34-25-26)13-27-17(20(30)28(23(27)35)16-6-4-3-5-7-16)12-19(29)24-15-10-8-14(9-11-15)21(31)33-2/h3-11,17H,12-13H2,1-2H3,(H-,24,25,29,31,32)/p+1. The van der Waals surface area contributed by atoms with E-state index >= 15 is 0 Å². The van der Waals surface area contributed by atoms with Crippen molar-refractivity contribution in [3.05, 3.63) is 76.3 Å². The van der Waals surface area contributed by atoms with E-state index in [9.17, 15) is 19.2 Å². The molecule has 2 heterocycles. The van der Waals surface area contributed by atoms with Crippen molar-refractivity contribution in [3.8, 4) is 0 Å². The predicted molar refractivity (Wildman–Crippen MR) is 127 cm³/mol. The highest BCUT2D eigenvalue weighted by molar-refractivity contribution is 7.80. The van der Waals surface area contributed by atoms with Gasteiger partial charge in [-0.05, 0) is 53.9 Å². The number of aromatic amines is 1. The smallest absolute Gasteiger partial charge is 0.431 e. The summed E-state index contributed by atoms with van der Waals surface area (Å²) in [6, 6.07) is 14.0. The van der Waals surface area contributed by atoms with E-state index in [0.717, 1.165) is 0 Å². The predicted octanol–water partition coefficient (Wildman–Crippen LogP) is 1.11. The summed E-state index contributed by atoms with van der Waals surface area (Å²) in [5, 5.41) is 5.32. The minimum atomic E-state index is -0.952. The van der Waals surface area contributed by atoms with E-state index in [-0.39, 0.29) is 29.7 Å². The van der Waals surface area contributed by atoms with Crippen molar-refractivity contribution in [3.63, 3.8) is 0 Å². The Morgan fingerprint density at radius 3 is 2.43 bits per heavy atom. The number of H-pyrrole nitrogens is 1. The SMILES string of the molecule is COC(=O)c1ccc(NC(=O)CC2C(=O)N(c3ccccc3)C(=S)N2Cc2c(=O)o[nH][n+]2C)cc1.